The predicted octanol–water partition coefficient (Wildman–Crippen LogP) is 12.1. The fourth-order valence-corrected chi connectivity index (χ4v) is 14.3. The highest BCUT2D eigenvalue weighted by Gasteiger charge is 2.65. The zero-order valence-electron chi connectivity index (χ0n) is 41.6. The lowest BCUT2D eigenvalue weighted by atomic mass is 9.47. The molecule has 2 aliphatic heterocycles. The van der Waals surface area contributed by atoms with E-state index in [1.807, 2.05) is 72.8 Å². The van der Waals surface area contributed by atoms with Crippen molar-refractivity contribution in [3.8, 4) is 0 Å². The Morgan fingerprint density at radius 2 is 1.23 bits per heavy atom. The van der Waals surface area contributed by atoms with Crippen molar-refractivity contribution >= 4 is 0 Å². The van der Waals surface area contributed by atoms with Crippen molar-refractivity contribution in [1.82, 2.24) is 0 Å². The van der Waals surface area contributed by atoms with E-state index in [4.69, 9.17) is 33.2 Å². The molecule has 4 aromatic rings. The summed E-state index contributed by atoms with van der Waals surface area (Å²) in [7, 11) is 0. The first-order chi connectivity index (χ1) is 33.7. The first-order valence-corrected chi connectivity index (χ1v) is 26.5. The Kier molecular flexibility index (Phi) is 15.6. The molecule has 5 fully saturated rings. The predicted molar refractivity (Wildman–Crippen MR) is 269 cm³/mol. The second-order valence-electron chi connectivity index (χ2n) is 22.4. The molecular formula is C61H78O8. The van der Waals surface area contributed by atoms with Crippen molar-refractivity contribution in [2.45, 2.75) is 161 Å². The summed E-state index contributed by atoms with van der Waals surface area (Å²) < 4.78 is 48.3. The Morgan fingerprint density at radius 1 is 0.652 bits per heavy atom. The van der Waals surface area contributed by atoms with E-state index in [1.165, 1.54) is 25.7 Å². The Bertz CT molecular complexity index is 2240. The van der Waals surface area contributed by atoms with Gasteiger partial charge < -0.3 is 38.3 Å². The monoisotopic (exact) mass is 939 g/mol. The van der Waals surface area contributed by atoms with Crippen molar-refractivity contribution in [3.63, 3.8) is 0 Å². The maximum Gasteiger partial charge on any atom is 0.186 e. The zero-order valence-corrected chi connectivity index (χ0v) is 41.6. The highest BCUT2D eigenvalue weighted by molar-refractivity contribution is 5.26. The molecule has 0 radical (unpaired) electrons. The van der Waals surface area contributed by atoms with Crippen LogP contribution in [0.15, 0.2) is 133 Å². The van der Waals surface area contributed by atoms with Crippen LogP contribution in [-0.2, 0) is 59.6 Å². The van der Waals surface area contributed by atoms with E-state index in [0.717, 1.165) is 66.2 Å². The molecule has 2 saturated heterocycles. The van der Waals surface area contributed by atoms with Crippen molar-refractivity contribution in [1.29, 1.82) is 0 Å². The molecule has 8 nitrogen and oxygen atoms in total. The van der Waals surface area contributed by atoms with Gasteiger partial charge in [-0.2, -0.15) is 0 Å². The van der Waals surface area contributed by atoms with Crippen molar-refractivity contribution in [2.24, 2.45) is 46.3 Å². The summed E-state index contributed by atoms with van der Waals surface area (Å²) >= 11 is 0. The number of hydrogen-bond acceptors (Lipinski definition) is 8. The highest BCUT2D eigenvalue weighted by atomic mass is 16.7. The van der Waals surface area contributed by atoms with Crippen LogP contribution in [0.2, 0.25) is 0 Å². The molecule has 0 spiro atoms. The molecule has 10 rings (SSSR count). The number of aliphatic hydroxyl groups excluding tert-OH is 1. The van der Waals surface area contributed by atoms with Crippen LogP contribution in [0.4, 0.5) is 0 Å². The molecule has 4 aliphatic carbocycles. The van der Waals surface area contributed by atoms with Crippen molar-refractivity contribution in [2.75, 3.05) is 13.2 Å². The quantitative estimate of drug-likeness (QED) is 0.0931. The van der Waals surface area contributed by atoms with Gasteiger partial charge >= 0.3 is 0 Å². The lowest BCUT2D eigenvalue weighted by Crippen LogP contribution is -2.62. The standard InChI is InChI=1S/C61H78O8/c1-41(25-28-52-42(2)55-53(68-52)34-51-49-27-26-47-33-48(62)29-31-60(47,3)50(49)30-32-61(51,55)4)35-67-59-58(66-39-46-23-15-8-16-24-46)57(65-38-45-21-13-7-14-22-45)56(64-37-44-19-11-6-12-20-44)54(69-59)40-63-36-43-17-9-5-10-18-43/h5-24,26,41-42,48-59,62H,25,27-40H2,1-4H3/t41-,42-,48+,49-,50+,51+,52-,53+,54-,55+,56-,57+,58-,59-,60+,61+/m1/s1. The number of rotatable bonds is 19. The Hall–Kier alpha value is -3.70. The van der Waals surface area contributed by atoms with E-state index in [9.17, 15) is 5.11 Å². The van der Waals surface area contributed by atoms with Crippen LogP contribution in [0.1, 0.15) is 108 Å². The maximum atomic E-state index is 10.5. The van der Waals surface area contributed by atoms with Gasteiger partial charge in [0.15, 0.2) is 6.29 Å². The molecule has 3 saturated carbocycles. The third-order valence-electron chi connectivity index (χ3n) is 18.0. The van der Waals surface area contributed by atoms with Gasteiger partial charge in [0, 0.05) is 0 Å². The van der Waals surface area contributed by atoms with Gasteiger partial charge in [-0.1, -0.05) is 161 Å². The molecule has 0 aromatic heterocycles. The molecule has 69 heavy (non-hydrogen) atoms. The fraction of sp³-hybridized carbons (Fsp3) is 0.574. The number of benzene rings is 4. The van der Waals surface area contributed by atoms with Crippen LogP contribution in [0.3, 0.4) is 0 Å². The molecule has 370 valence electrons. The van der Waals surface area contributed by atoms with Crippen LogP contribution in [-0.4, -0.2) is 67.3 Å². The molecular weight excluding hydrogens is 861 g/mol. The summed E-state index contributed by atoms with van der Waals surface area (Å²) in [5.41, 5.74) is 6.43. The van der Waals surface area contributed by atoms with E-state index in [-0.39, 0.29) is 23.5 Å². The van der Waals surface area contributed by atoms with Gasteiger partial charge in [-0.25, -0.2) is 0 Å². The molecule has 8 heteroatoms. The van der Waals surface area contributed by atoms with Crippen molar-refractivity contribution < 1.29 is 38.3 Å². The van der Waals surface area contributed by atoms with Gasteiger partial charge in [0.2, 0.25) is 0 Å². The maximum absolute atomic E-state index is 10.5. The Morgan fingerprint density at radius 3 is 1.86 bits per heavy atom. The normalized spacial score (nSPS) is 36.4. The first kappa shape index (κ1) is 48.9. The SMILES string of the molecule is C[C@H](CC[C@H]1O[C@H]2C[C@H]3[C@@H]4CC=C5C[C@@H](O)CC[C@]5(C)[C@H]4CC[C@]3(C)[C@H]2[C@@H]1C)CO[C@@H]1O[C@H](COCc2ccccc2)[C@@H](OCc2ccccc2)[C@H](OCc2ccccc2)[C@H]1OCc1ccccc1. The number of ether oxygens (including phenoxy) is 7. The molecule has 0 bridgehead atoms. The van der Waals surface area contributed by atoms with E-state index >= 15 is 0 Å². The Labute approximate surface area is 412 Å². The largest absolute Gasteiger partial charge is 0.393 e. The molecule has 0 unspecified atom stereocenters. The molecule has 6 aliphatic rings. The van der Waals surface area contributed by atoms with Gasteiger partial charge in [0.25, 0.3) is 0 Å². The van der Waals surface area contributed by atoms with Gasteiger partial charge in [0.1, 0.15) is 24.4 Å². The number of fused-ring (bicyclic) bond motifs is 7. The molecule has 4 aromatic carbocycles. The minimum atomic E-state index is -0.724. The van der Waals surface area contributed by atoms with Crippen LogP contribution >= 0.6 is 0 Å². The average molecular weight is 939 g/mol. The average Bonchev–Trinajstić information content (AvgIpc) is 3.86. The summed E-state index contributed by atoms with van der Waals surface area (Å²) in [5.74, 6) is 3.58. The third-order valence-corrected chi connectivity index (χ3v) is 18.0. The lowest BCUT2D eigenvalue weighted by molar-refractivity contribution is -0.330. The lowest BCUT2D eigenvalue weighted by Gasteiger charge is -2.58. The summed E-state index contributed by atoms with van der Waals surface area (Å²) in [4.78, 5) is 0. The van der Waals surface area contributed by atoms with E-state index in [0.29, 0.717) is 68.9 Å². The first-order valence-electron chi connectivity index (χ1n) is 26.5. The van der Waals surface area contributed by atoms with Gasteiger partial charge in [-0.3, -0.25) is 0 Å². The van der Waals surface area contributed by atoms with E-state index in [2.05, 4.69) is 82.3 Å². The number of aliphatic hydroxyl groups is 1. The van der Waals surface area contributed by atoms with Gasteiger partial charge in [-0.15, -0.1) is 0 Å². The summed E-state index contributed by atoms with van der Waals surface area (Å²) in [5, 5.41) is 10.5. The number of allylic oxidation sites excluding steroid dienone is 1. The van der Waals surface area contributed by atoms with Crippen LogP contribution < -0.4 is 0 Å². The summed E-state index contributed by atoms with van der Waals surface area (Å²) in [6.07, 6.45) is 10.1. The second-order valence-corrected chi connectivity index (χ2v) is 22.4. The van der Waals surface area contributed by atoms with Gasteiger partial charge in [0.05, 0.1) is 58.0 Å². The smallest absolute Gasteiger partial charge is 0.186 e. The number of hydrogen-bond donors (Lipinski definition) is 1. The van der Waals surface area contributed by atoms with Crippen LogP contribution in [0, 0.1) is 46.3 Å². The molecule has 16 atom stereocenters. The fourth-order valence-electron chi connectivity index (χ4n) is 14.3. The van der Waals surface area contributed by atoms with Crippen molar-refractivity contribution in [3.05, 3.63) is 155 Å². The van der Waals surface area contributed by atoms with E-state index < -0.39 is 30.7 Å². The van der Waals surface area contributed by atoms with Crippen LogP contribution in [0.5, 0.6) is 0 Å². The summed E-state index contributed by atoms with van der Waals surface area (Å²) in [6, 6.07) is 41.1. The molecule has 1 N–H and O–H groups in total. The molecule has 2 heterocycles. The van der Waals surface area contributed by atoms with E-state index in [1.54, 1.807) is 5.57 Å². The molecule has 0 amide bonds. The minimum Gasteiger partial charge on any atom is -0.393 e. The zero-order chi connectivity index (χ0) is 47.4. The van der Waals surface area contributed by atoms with Gasteiger partial charge in [-0.05, 0) is 126 Å². The summed E-state index contributed by atoms with van der Waals surface area (Å²) in [6.45, 7) is 12.4. The highest BCUT2D eigenvalue weighted by Crippen LogP contribution is 2.69. The minimum absolute atomic E-state index is 0.157. The topological polar surface area (TPSA) is 84.8 Å². The Balaban J connectivity index is 0.830. The second kappa shape index (κ2) is 22.0. The third kappa shape index (κ3) is 10.8. The van der Waals surface area contributed by atoms with Crippen LogP contribution in [0.25, 0.3) is 0 Å².